The van der Waals surface area contributed by atoms with Crippen LogP contribution in [0.25, 0.3) is 16.8 Å². The monoisotopic (exact) mass is 776 g/mol. The number of carbonyl (C=O) groups excluding carboxylic acids is 1. The molecule has 2 aliphatic rings. The van der Waals surface area contributed by atoms with Gasteiger partial charge in [-0.3, -0.25) is 13.9 Å². The van der Waals surface area contributed by atoms with Crippen molar-refractivity contribution in [2.75, 3.05) is 11.9 Å². The number of hydrogen-bond acceptors (Lipinski definition) is 7. The summed E-state index contributed by atoms with van der Waals surface area (Å²) < 4.78 is 128. The van der Waals surface area contributed by atoms with E-state index in [0.29, 0.717) is 10.7 Å². The van der Waals surface area contributed by atoms with Crippen molar-refractivity contribution in [2.45, 2.75) is 69.3 Å². The number of alkyl halides is 7. The van der Waals surface area contributed by atoms with E-state index in [9.17, 15) is 40.6 Å². The number of amides is 1. The minimum absolute atomic E-state index is 0.00368. The van der Waals surface area contributed by atoms with E-state index < -0.39 is 84.0 Å². The number of pyridine rings is 2. The fourth-order valence-corrected chi connectivity index (χ4v) is 6.81. The Morgan fingerprint density at radius 1 is 1.05 bits per heavy atom. The summed E-state index contributed by atoms with van der Waals surface area (Å²) in [7, 11) is 0. The van der Waals surface area contributed by atoms with Crippen molar-refractivity contribution in [3.63, 3.8) is 0 Å². The predicted molar refractivity (Wildman–Crippen MR) is 177 cm³/mol. The number of aromatic nitrogens is 6. The molecule has 55 heavy (non-hydrogen) atoms. The molecule has 3 N–H and O–H groups in total. The molecular formula is C36H29F9N8O2. The third-order valence-corrected chi connectivity index (χ3v) is 9.08. The normalized spacial score (nSPS) is 17.8. The third-order valence-electron chi connectivity index (χ3n) is 9.08. The van der Waals surface area contributed by atoms with Gasteiger partial charge in [-0.2, -0.15) is 27.1 Å². The third kappa shape index (κ3) is 7.68. The van der Waals surface area contributed by atoms with Gasteiger partial charge in [0.1, 0.15) is 47.4 Å². The molecule has 19 heteroatoms. The number of hydrogen-bond donors (Lipinski definition) is 3. The van der Waals surface area contributed by atoms with Crippen LogP contribution in [0.2, 0.25) is 0 Å². The van der Waals surface area contributed by atoms with E-state index in [4.69, 9.17) is 0 Å². The highest BCUT2D eigenvalue weighted by Gasteiger charge is 2.67. The number of halogens is 9. The van der Waals surface area contributed by atoms with Gasteiger partial charge in [0.2, 0.25) is 11.9 Å². The molecule has 0 bridgehead atoms. The average Bonchev–Trinajstić information content (AvgIpc) is 3.54. The van der Waals surface area contributed by atoms with Crippen LogP contribution in [0, 0.1) is 29.4 Å². The Morgan fingerprint density at radius 2 is 1.78 bits per heavy atom. The van der Waals surface area contributed by atoms with Crippen LogP contribution in [0.3, 0.4) is 0 Å². The Balaban J connectivity index is 1.34. The molecule has 0 radical (unpaired) electrons. The van der Waals surface area contributed by atoms with Gasteiger partial charge in [0, 0.05) is 34.9 Å². The second kappa shape index (κ2) is 13.6. The fraction of sp³-hybridized carbons (Fsp3) is 0.361. The molecule has 1 amide bonds. The first-order chi connectivity index (χ1) is 25.8. The number of rotatable bonds is 10. The van der Waals surface area contributed by atoms with E-state index in [0.717, 1.165) is 12.1 Å². The van der Waals surface area contributed by atoms with Crippen LogP contribution >= 0.6 is 0 Å². The molecule has 7 rings (SSSR count). The maximum absolute atomic E-state index is 15.3. The zero-order chi connectivity index (χ0) is 39.6. The van der Waals surface area contributed by atoms with E-state index in [2.05, 4.69) is 42.8 Å². The van der Waals surface area contributed by atoms with Gasteiger partial charge in [0.05, 0.1) is 11.7 Å². The smallest absolute Gasteiger partial charge is 0.378 e. The summed E-state index contributed by atoms with van der Waals surface area (Å²) in [4.78, 5) is 18.4. The van der Waals surface area contributed by atoms with E-state index in [1.807, 2.05) is 0 Å². The zero-order valence-corrected chi connectivity index (χ0v) is 28.7. The molecule has 1 aromatic carbocycles. The molecule has 3 unspecified atom stereocenters. The maximum Gasteiger partial charge on any atom is 0.405 e. The number of aliphatic hydroxyl groups is 1. The summed E-state index contributed by atoms with van der Waals surface area (Å²) in [6.45, 7) is 0.445. The Hall–Kier alpha value is -5.64. The number of nitrogens with one attached hydrogen (secondary N) is 2. The van der Waals surface area contributed by atoms with E-state index in [1.165, 1.54) is 48.7 Å². The van der Waals surface area contributed by atoms with E-state index >= 15 is 8.78 Å². The second-order valence-corrected chi connectivity index (χ2v) is 13.8. The fourth-order valence-electron chi connectivity index (χ4n) is 6.81. The number of nitrogens with zero attached hydrogens (tertiary/aromatic N) is 6. The molecule has 0 saturated heterocycles. The molecule has 288 valence electrons. The van der Waals surface area contributed by atoms with Crippen LogP contribution in [0.15, 0.2) is 48.7 Å². The highest BCUT2D eigenvalue weighted by atomic mass is 19.4. The zero-order valence-electron chi connectivity index (χ0n) is 28.7. The van der Waals surface area contributed by atoms with Crippen molar-refractivity contribution in [1.29, 1.82) is 0 Å². The van der Waals surface area contributed by atoms with Crippen LogP contribution in [-0.4, -0.2) is 58.7 Å². The molecule has 1 fully saturated rings. The Bertz CT molecular complexity index is 2350. The van der Waals surface area contributed by atoms with Gasteiger partial charge in [-0.1, -0.05) is 5.92 Å². The lowest BCUT2D eigenvalue weighted by atomic mass is 9.95. The Morgan fingerprint density at radius 3 is 2.45 bits per heavy atom. The molecule has 0 spiro atoms. The first-order valence-electron chi connectivity index (χ1n) is 16.7. The van der Waals surface area contributed by atoms with Gasteiger partial charge in [-0.15, -0.1) is 10.2 Å². The molecule has 4 heterocycles. The van der Waals surface area contributed by atoms with Crippen molar-refractivity contribution in [2.24, 2.45) is 5.92 Å². The van der Waals surface area contributed by atoms with Crippen molar-refractivity contribution < 1.29 is 49.4 Å². The molecular weight excluding hydrogens is 747 g/mol. The lowest BCUT2D eigenvalue weighted by molar-refractivity contribution is -0.123. The van der Waals surface area contributed by atoms with Gasteiger partial charge >= 0.3 is 6.18 Å². The minimum Gasteiger partial charge on any atom is -0.378 e. The van der Waals surface area contributed by atoms with Crippen LogP contribution in [0.4, 0.5) is 45.5 Å². The summed E-state index contributed by atoms with van der Waals surface area (Å²) in [6.07, 6.45) is -6.76. The van der Waals surface area contributed by atoms with E-state index in [1.54, 1.807) is 0 Å². The molecule has 2 aliphatic carbocycles. The molecule has 1 saturated carbocycles. The molecule has 5 aromatic rings. The lowest BCUT2D eigenvalue weighted by Crippen LogP contribution is -2.35. The average molecular weight is 777 g/mol. The second-order valence-electron chi connectivity index (χ2n) is 13.8. The molecule has 0 aliphatic heterocycles. The van der Waals surface area contributed by atoms with Crippen molar-refractivity contribution in [1.82, 2.24) is 34.7 Å². The number of benzene rings is 1. The number of fused-ring (bicyclic) bond motifs is 4. The summed E-state index contributed by atoms with van der Waals surface area (Å²) in [5.74, 6) is -3.42. The van der Waals surface area contributed by atoms with Crippen molar-refractivity contribution in [3.05, 3.63) is 94.2 Å². The highest BCUT2D eigenvalue weighted by molar-refractivity contribution is 5.81. The highest BCUT2D eigenvalue weighted by Crippen LogP contribution is 2.68. The topological polar surface area (TPSA) is 122 Å². The molecule has 10 nitrogen and oxygen atoms in total. The van der Waals surface area contributed by atoms with Crippen LogP contribution in [-0.2, 0) is 23.7 Å². The molecule has 3 atom stereocenters. The van der Waals surface area contributed by atoms with Crippen molar-refractivity contribution in [3.8, 4) is 23.0 Å². The summed E-state index contributed by atoms with van der Waals surface area (Å²) in [5.41, 5.74) is -2.94. The van der Waals surface area contributed by atoms with Crippen LogP contribution in [0.1, 0.15) is 72.6 Å². The minimum atomic E-state index is -4.59. The SMILES string of the molecule is CC(C)(O)C#Cc1ccc(-c2cccn3c(NCC(F)(F)F)nnc23)c(C(Cc2cc(F)cc(F)c2)NC(=O)Cn2nc(C(F)F)c3c2C(F)(F)C2CC32)n1. The van der Waals surface area contributed by atoms with Gasteiger partial charge in [0.15, 0.2) is 5.65 Å². The number of carbonyl (C=O) groups is 1. The largest absolute Gasteiger partial charge is 0.405 e. The number of anilines is 1. The summed E-state index contributed by atoms with van der Waals surface area (Å²) in [6, 6.07) is 7.14. The molecule has 4 aromatic heterocycles. The quantitative estimate of drug-likeness (QED) is 0.108. The van der Waals surface area contributed by atoms with Gasteiger partial charge in [-0.25, -0.2) is 22.5 Å². The first-order valence-corrected chi connectivity index (χ1v) is 16.7. The van der Waals surface area contributed by atoms with Crippen LogP contribution in [0.5, 0.6) is 0 Å². The van der Waals surface area contributed by atoms with Gasteiger partial charge < -0.3 is 15.7 Å². The standard InChI is InChI=1S/C36H29F9N8O2/c1-34(2,55)8-7-20-5-6-21(22-4-3-9-52-32(22)49-50-33(52)46-16-35(41,42)43)28(47-20)25(12-17-10-18(37)13-19(38)11-17)48-26(54)15-53-30-27(29(51-53)31(39)40)23-14-24(23)36(30,44)45/h3-6,9-11,13,23-25,31,55H,12,14-16H2,1-2H3,(H,46,50)(H,48,54). The lowest BCUT2D eigenvalue weighted by Gasteiger charge is -2.23. The summed E-state index contributed by atoms with van der Waals surface area (Å²) >= 11 is 0. The van der Waals surface area contributed by atoms with Crippen LogP contribution < -0.4 is 10.6 Å². The van der Waals surface area contributed by atoms with Crippen molar-refractivity contribution >= 4 is 17.5 Å². The van der Waals surface area contributed by atoms with Gasteiger partial charge in [0.25, 0.3) is 12.3 Å². The van der Waals surface area contributed by atoms with E-state index in [-0.39, 0.29) is 58.1 Å². The first kappa shape index (κ1) is 37.7. The Kier molecular flexibility index (Phi) is 9.30. The predicted octanol–water partition coefficient (Wildman–Crippen LogP) is 6.61. The maximum atomic E-state index is 15.3. The van der Waals surface area contributed by atoms with Gasteiger partial charge in [-0.05, 0) is 80.5 Å². The summed E-state index contributed by atoms with van der Waals surface area (Å²) in [5, 5.41) is 26.6. The Labute approximate surface area is 305 Å².